The largest absolute Gasteiger partial charge is 0.450 e. The first-order chi connectivity index (χ1) is 10.3. The monoisotopic (exact) mass is 286 g/mol. The molecule has 1 aliphatic rings. The van der Waals surface area contributed by atoms with E-state index in [1.54, 1.807) is 11.2 Å². The molecule has 3 rings (SSSR count). The summed E-state index contributed by atoms with van der Waals surface area (Å²) in [6.07, 6.45) is 2.20. The summed E-state index contributed by atoms with van der Waals surface area (Å²) in [5.41, 5.74) is 0.912. The third kappa shape index (κ3) is 2.89. The van der Waals surface area contributed by atoms with E-state index in [4.69, 9.17) is 4.74 Å². The summed E-state index contributed by atoms with van der Waals surface area (Å²) < 4.78 is 5.03. The van der Waals surface area contributed by atoms with Crippen LogP contribution in [0.4, 0.5) is 10.6 Å². The molecule has 2 heterocycles. The van der Waals surface area contributed by atoms with E-state index in [1.807, 2.05) is 31.2 Å². The van der Waals surface area contributed by atoms with Crippen LogP contribution >= 0.6 is 0 Å². The van der Waals surface area contributed by atoms with Gasteiger partial charge in [-0.05, 0) is 25.5 Å². The molecule has 1 aromatic carbocycles. The van der Waals surface area contributed by atoms with Gasteiger partial charge in [-0.1, -0.05) is 12.1 Å². The Morgan fingerprint density at radius 2 is 2.29 bits per heavy atom. The Hall–Kier alpha value is -2.37. The van der Waals surface area contributed by atoms with E-state index in [1.165, 1.54) is 0 Å². The zero-order chi connectivity index (χ0) is 14.7. The summed E-state index contributed by atoms with van der Waals surface area (Å²) in [4.78, 5) is 22.0. The van der Waals surface area contributed by atoms with Gasteiger partial charge in [-0.3, -0.25) is 0 Å². The molecular formula is C15H18N4O2. The lowest BCUT2D eigenvalue weighted by Crippen LogP contribution is -2.32. The smallest absolute Gasteiger partial charge is 0.409 e. The number of ether oxygens (including phenoxy) is 1. The van der Waals surface area contributed by atoms with Crippen molar-refractivity contribution >= 4 is 22.8 Å². The zero-order valence-corrected chi connectivity index (χ0v) is 12.0. The van der Waals surface area contributed by atoms with Crippen LogP contribution in [0.2, 0.25) is 0 Å². The maximum Gasteiger partial charge on any atom is 0.409 e. The Morgan fingerprint density at radius 1 is 1.43 bits per heavy atom. The summed E-state index contributed by atoms with van der Waals surface area (Å²) in [5, 5.41) is 4.41. The van der Waals surface area contributed by atoms with Gasteiger partial charge in [-0.2, -0.15) is 0 Å². The molecule has 2 aromatic rings. The van der Waals surface area contributed by atoms with E-state index in [0.29, 0.717) is 19.7 Å². The molecule has 0 spiro atoms. The number of para-hydroxylation sites is 1. The molecule has 110 valence electrons. The lowest BCUT2D eigenvalue weighted by atomic mass is 10.2. The maximum absolute atomic E-state index is 11.7. The highest BCUT2D eigenvalue weighted by Gasteiger charge is 2.27. The average molecular weight is 286 g/mol. The molecular weight excluding hydrogens is 268 g/mol. The Morgan fingerprint density at radius 3 is 3.14 bits per heavy atom. The molecule has 1 aliphatic heterocycles. The van der Waals surface area contributed by atoms with E-state index in [-0.39, 0.29) is 12.1 Å². The SMILES string of the molecule is CCOC(=O)N1CCC(Nc2ncnc3ccccc23)C1. The summed E-state index contributed by atoms with van der Waals surface area (Å²) in [5.74, 6) is 0.816. The van der Waals surface area contributed by atoms with Gasteiger partial charge in [-0.15, -0.1) is 0 Å². The van der Waals surface area contributed by atoms with Crippen LogP contribution < -0.4 is 5.32 Å². The highest BCUT2D eigenvalue weighted by Crippen LogP contribution is 2.21. The van der Waals surface area contributed by atoms with Crippen LogP contribution in [0.25, 0.3) is 10.9 Å². The maximum atomic E-state index is 11.7. The first-order valence-electron chi connectivity index (χ1n) is 7.16. The normalized spacial score (nSPS) is 18.0. The Balaban J connectivity index is 1.71. The quantitative estimate of drug-likeness (QED) is 0.937. The highest BCUT2D eigenvalue weighted by molar-refractivity contribution is 5.88. The second-order valence-corrected chi connectivity index (χ2v) is 5.01. The predicted molar refractivity (Wildman–Crippen MR) is 80.2 cm³/mol. The van der Waals surface area contributed by atoms with E-state index in [9.17, 15) is 4.79 Å². The number of carbonyl (C=O) groups is 1. The number of fused-ring (bicyclic) bond motifs is 1. The summed E-state index contributed by atoms with van der Waals surface area (Å²) in [6.45, 7) is 3.57. The van der Waals surface area contributed by atoms with Crippen molar-refractivity contribution in [2.75, 3.05) is 25.0 Å². The number of benzene rings is 1. The van der Waals surface area contributed by atoms with Crippen molar-refractivity contribution in [2.24, 2.45) is 0 Å². The molecule has 21 heavy (non-hydrogen) atoms. The molecule has 0 bridgehead atoms. The average Bonchev–Trinajstić information content (AvgIpc) is 2.97. The number of carbonyl (C=O) groups excluding carboxylic acids is 1. The molecule has 1 N–H and O–H groups in total. The van der Waals surface area contributed by atoms with Crippen molar-refractivity contribution in [1.29, 1.82) is 0 Å². The predicted octanol–water partition coefficient (Wildman–Crippen LogP) is 2.27. The van der Waals surface area contributed by atoms with Gasteiger partial charge in [0.2, 0.25) is 0 Å². The van der Waals surface area contributed by atoms with Crippen molar-refractivity contribution in [3.05, 3.63) is 30.6 Å². The van der Waals surface area contributed by atoms with Crippen LogP contribution in [0, 0.1) is 0 Å². The van der Waals surface area contributed by atoms with Crippen LogP contribution in [-0.2, 0) is 4.74 Å². The van der Waals surface area contributed by atoms with E-state index >= 15 is 0 Å². The second-order valence-electron chi connectivity index (χ2n) is 5.01. The van der Waals surface area contributed by atoms with Gasteiger partial charge in [-0.25, -0.2) is 14.8 Å². The minimum absolute atomic E-state index is 0.188. The number of aromatic nitrogens is 2. The minimum atomic E-state index is -0.241. The molecule has 0 saturated carbocycles. The topological polar surface area (TPSA) is 67.3 Å². The number of likely N-dealkylation sites (tertiary alicyclic amines) is 1. The summed E-state index contributed by atoms with van der Waals surface area (Å²) >= 11 is 0. The van der Waals surface area contributed by atoms with Gasteiger partial charge in [0.15, 0.2) is 0 Å². The van der Waals surface area contributed by atoms with Gasteiger partial charge >= 0.3 is 6.09 Å². The Bertz CT molecular complexity index is 641. The number of hydrogen-bond donors (Lipinski definition) is 1. The fourth-order valence-electron chi connectivity index (χ4n) is 2.57. The molecule has 0 aliphatic carbocycles. The number of hydrogen-bond acceptors (Lipinski definition) is 5. The first-order valence-corrected chi connectivity index (χ1v) is 7.16. The number of nitrogens with zero attached hydrogens (tertiary/aromatic N) is 3. The van der Waals surface area contributed by atoms with Crippen molar-refractivity contribution < 1.29 is 9.53 Å². The van der Waals surface area contributed by atoms with Gasteiger partial charge in [0.05, 0.1) is 12.1 Å². The van der Waals surface area contributed by atoms with Gasteiger partial charge < -0.3 is 15.0 Å². The standard InChI is InChI=1S/C15H18N4O2/c1-2-21-15(20)19-8-7-11(9-19)18-14-12-5-3-4-6-13(12)16-10-17-14/h3-6,10-11H,2,7-9H2,1H3,(H,16,17,18). The van der Waals surface area contributed by atoms with Crippen LogP contribution in [0.5, 0.6) is 0 Å². The van der Waals surface area contributed by atoms with E-state index in [2.05, 4.69) is 15.3 Å². The lowest BCUT2D eigenvalue weighted by Gasteiger charge is -2.17. The molecule has 6 nitrogen and oxygen atoms in total. The second kappa shape index (κ2) is 5.95. The van der Waals surface area contributed by atoms with E-state index < -0.39 is 0 Å². The fraction of sp³-hybridized carbons (Fsp3) is 0.400. The fourth-order valence-corrected chi connectivity index (χ4v) is 2.57. The Labute approximate surface area is 123 Å². The molecule has 1 amide bonds. The molecule has 1 saturated heterocycles. The molecule has 1 unspecified atom stereocenters. The number of amides is 1. The molecule has 1 atom stereocenters. The third-order valence-corrected chi connectivity index (χ3v) is 3.60. The molecule has 1 aromatic heterocycles. The van der Waals surface area contributed by atoms with Crippen molar-refractivity contribution in [3.8, 4) is 0 Å². The van der Waals surface area contributed by atoms with Crippen LogP contribution in [0.3, 0.4) is 0 Å². The number of rotatable bonds is 3. The molecule has 0 radical (unpaired) electrons. The van der Waals surface area contributed by atoms with Gasteiger partial charge in [0.25, 0.3) is 0 Å². The van der Waals surface area contributed by atoms with Crippen LogP contribution in [0.1, 0.15) is 13.3 Å². The Kier molecular flexibility index (Phi) is 3.85. The summed E-state index contributed by atoms with van der Waals surface area (Å²) in [6, 6.07) is 8.07. The van der Waals surface area contributed by atoms with Crippen molar-refractivity contribution in [3.63, 3.8) is 0 Å². The van der Waals surface area contributed by atoms with Crippen molar-refractivity contribution in [2.45, 2.75) is 19.4 Å². The first kappa shape index (κ1) is 13.6. The van der Waals surface area contributed by atoms with Crippen molar-refractivity contribution in [1.82, 2.24) is 14.9 Å². The van der Waals surface area contributed by atoms with Crippen LogP contribution in [0.15, 0.2) is 30.6 Å². The van der Waals surface area contributed by atoms with Gasteiger partial charge in [0, 0.05) is 24.5 Å². The lowest BCUT2D eigenvalue weighted by molar-refractivity contribution is 0.115. The van der Waals surface area contributed by atoms with E-state index in [0.717, 1.165) is 23.1 Å². The minimum Gasteiger partial charge on any atom is -0.450 e. The molecule has 1 fully saturated rings. The van der Waals surface area contributed by atoms with Crippen LogP contribution in [-0.4, -0.2) is 46.7 Å². The number of nitrogens with one attached hydrogen (secondary N) is 1. The number of anilines is 1. The highest BCUT2D eigenvalue weighted by atomic mass is 16.6. The third-order valence-electron chi connectivity index (χ3n) is 3.60. The van der Waals surface area contributed by atoms with Gasteiger partial charge in [0.1, 0.15) is 12.1 Å². The summed E-state index contributed by atoms with van der Waals surface area (Å²) in [7, 11) is 0. The zero-order valence-electron chi connectivity index (χ0n) is 12.0. The molecule has 6 heteroatoms.